The molecule has 5 heteroatoms. The molecule has 0 saturated carbocycles. The molecule has 0 spiro atoms. The van der Waals surface area contributed by atoms with E-state index in [1.165, 1.54) is 0 Å². The van der Waals surface area contributed by atoms with Crippen molar-refractivity contribution in [2.75, 3.05) is 14.1 Å². The summed E-state index contributed by atoms with van der Waals surface area (Å²) in [5.41, 5.74) is 0.646. The molecule has 0 aliphatic heterocycles. The summed E-state index contributed by atoms with van der Waals surface area (Å²) in [6, 6.07) is 1.88. The van der Waals surface area contributed by atoms with Crippen LogP contribution in [0, 0.1) is 5.41 Å². The Labute approximate surface area is 93.9 Å². The zero-order valence-corrected chi connectivity index (χ0v) is 10.5. The van der Waals surface area contributed by atoms with E-state index in [1.54, 1.807) is 11.1 Å². The highest BCUT2D eigenvalue weighted by atomic mass is 79.9. The van der Waals surface area contributed by atoms with E-state index in [4.69, 9.17) is 5.41 Å². The first-order valence-electron chi connectivity index (χ1n) is 3.59. The molecule has 0 aliphatic rings. The van der Waals surface area contributed by atoms with Crippen molar-refractivity contribution >= 4 is 37.7 Å². The molecule has 1 N–H and O–H groups in total. The van der Waals surface area contributed by atoms with Gasteiger partial charge in [-0.3, -0.25) is 10.4 Å². The Morgan fingerprint density at radius 2 is 2.08 bits per heavy atom. The number of pyridine rings is 1. The van der Waals surface area contributed by atoms with Crippen LogP contribution in [-0.2, 0) is 0 Å². The minimum atomic E-state index is 0.388. The first-order chi connectivity index (χ1) is 6.02. The van der Waals surface area contributed by atoms with E-state index in [0.29, 0.717) is 11.5 Å². The van der Waals surface area contributed by atoms with Crippen molar-refractivity contribution in [3.63, 3.8) is 0 Å². The van der Waals surface area contributed by atoms with E-state index in [1.807, 2.05) is 20.2 Å². The van der Waals surface area contributed by atoms with Crippen LogP contribution in [0.3, 0.4) is 0 Å². The fraction of sp³-hybridized carbons (Fsp3) is 0.250. The van der Waals surface area contributed by atoms with E-state index in [0.717, 1.165) is 8.95 Å². The number of amidine groups is 1. The first kappa shape index (κ1) is 10.7. The minimum Gasteiger partial charge on any atom is -0.361 e. The molecular formula is C8H9Br2N3. The lowest BCUT2D eigenvalue weighted by Crippen LogP contribution is -2.23. The van der Waals surface area contributed by atoms with Crippen molar-refractivity contribution < 1.29 is 0 Å². The Bertz CT molecular complexity index is 336. The van der Waals surface area contributed by atoms with Gasteiger partial charge in [-0.15, -0.1) is 0 Å². The molecule has 0 radical (unpaired) electrons. The quantitative estimate of drug-likeness (QED) is 0.639. The largest absolute Gasteiger partial charge is 0.361 e. The van der Waals surface area contributed by atoms with Crippen molar-refractivity contribution in [2.45, 2.75) is 0 Å². The maximum atomic E-state index is 7.71. The molecular weight excluding hydrogens is 298 g/mol. The highest BCUT2D eigenvalue weighted by Crippen LogP contribution is 2.20. The highest BCUT2D eigenvalue weighted by Gasteiger charge is 2.09. The van der Waals surface area contributed by atoms with Crippen molar-refractivity contribution in [3.8, 4) is 0 Å². The number of hydrogen-bond donors (Lipinski definition) is 1. The molecule has 1 aromatic rings. The van der Waals surface area contributed by atoms with Crippen LogP contribution in [0.25, 0.3) is 0 Å². The summed E-state index contributed by atoms with van der Waals surface area (Å²) in [4.78, 5) is 5.85. The molecule has 1 aromatic heterocycles. The maximum absolute atomic E-state index is 7.71. The van der Waals surface area contributed by atoms with Crippen LogP contribution in [0.4, 0.5) is 0 Å². The third-order valence-electron chi connectivity index (χ3n) is 1.48. The Morgan fingerprint density at radius 3 is 2.54 bits per heavy atom. The number of aromatic nitrogens is 1. The van der Waals surface area contributed by atoms with Crippen LogP contribution in [-0.4, -0.2) is 29.8 Å². The summed E-state index contributed by atoms with van der Waals surface area (Å²) in [5, 5.41) is 7.71. The standard InChI is InChI=1S/C8H9Br2N3/c1-13(2)8(11)7-6(10)3-5(9)4-12-7/h3-4,11H,1-2H3. The van der Waals surface area contributed by atoms with Gasteiger partial charge in [0.25, 0.3) is 0 Å². The zero-order valence-electron chi connectivity index (χ0n) is 7.31. The van der Waals surface area contributed by atoms with Gasteiger partial charge < -0.3 is 4.90 Å². The summed E-state index contributed by atoms with van der Waals surface area (Å²) in [7, 11) is 3.64. The van der Waals surface area contributed by atoms with E-state index in [9.17, 15) is 0 Å². The summed E-state index contributed by atoms with van der Waals surface area (Å²) < 4.78 is 1.72. The fourth-order valence-electron chi connectivity index (χ4n) is 0.801. The molecule has 1 rings (SSSR count). The summed E-state index contributed by atoms with van der Waals surface area (Å²) in [6.07, 6.45) is 1.68. The van der Waals surface area contributed by atoms with Crippen LogP contribution in [0.2, 0.25) is 0 Å². The molecule has 1 heterocycles. The Balaban J connectivity index is 3.09. The van der Waals surface area contributed by atoms with Gasteiger partial charge in [0, 0.05) is 29.2 Å². The Morgan fingerprint density at radius 1 is 1.46 bits per heavy atom. The molecule has 0 bridgehead atoms. The van der Waals surface area contributed by atoms with Gasteiger partial charge in [0.1, 0.15) is 11.5 Å². The van der Waals surface area contributed by atoms with E-state index in [-0.39, 0.29) is 0 Å². The number of nitrogens with zero attached hydrogens (tertiary/aromatic N) is 2. The van der Waals surface area contributed by atoms with Gasteiger partial charge in [-0.1, -0.05) is 0 Å². The van der Waals surface area contributed by atoms with Gasteiger partial charge in [-0.25, -0.2) is 0 Å². The third-order valence-corrected chi connectivity index (χ3v) is 2.52. The van der Waals surface area contributed by atoms with Crippen molar-refractivity contribution in [1.29, 1.82) is 5.41 Å². The Hall–Kier alpha value is -0.420. The molecule has 13 heavy (non-hydrogen) atoms. The van der Waals surface area contributed by atoms with Crippen LogP contribution in [0.1, 0.15) is 5.69 Å². The van der Waals surface area contributed by atoms with Crippen molar-refractivity contribution in [2.24, 2.45) is 0 Å². The van der Waals surface area contributed by atoms with Gasteiger partial charge in [0.2, 0.25) is 0 Å². The van der Waals surface area contributed by atoms with Crippen LogP contribution < -0.4 is 0 Å². The summed E-state index contributed by atoms with van der Waals surface area (Å²) in [5.74, 6) is 0.388. The molecule has 0 amide bonds. The normalized spacial score (nSPS) is 9.85. The maximum Gasteiger partial charge on any atom is 0.147 e. The zero-order chi connectivity index (χ0) is 10.0. The second-order valence-corrected chi connectivity index (χ2v) is 4.50. The molecule has 0 aliphatic carbocycles. The lowest BCUT2D eigenvalue weighted by molar-refractivity contribution is 0.616. The van der Waals surface area contributed by atoms with Crippen LogP contribution in [0.15, 0.2) is 21.2 Å². The summed E-state index contributed by atoms with van der Waals surface area (Å²) in [6.45, 7) is 0. The van der Waals surface area contributed by atoms with Crippen molar-refractivity contribution in [3.05, 3.63) is 26.9 Å². The minimum absolute atomic E-state index is 0.388. The van der Waals surface area contributed by atoms with Gasteiger partial charge >= 0.3 is 0 Å². The number of halogens is 2. The number of hydrogen-bond acceptors (Lipinski definition) is 2. The van der Waals surface area contributed by atoms with E-state index >= 15 is 0 Å². The predicted octanol–water partition coefficient (Wildman–Crippen LogP) is 2.49. The van der Waals surface area contributed by atoms with Gasteiger partial charge in [-0.2, -0.15) is 0 Å². The lowest BCUT2D eigenvalue weighted by Gasteiger charge is -2.13. The predicted molar refractivity (Wildman–Crippen MR) is 60.2 cm³/mol. The van der Waals surface area contributed by atoms with Gasteiger partial charge in [0.05, 0.1) is 0 Å². The smallest absolute Gasteiger partial charge is 0.147 e. The van der Waals surface area contributed by atoms with Crippen LogP contribution >= 0.6 is 31.9 Å². The second kappa shape index (κ2) is 4.19. The average molecular weight is 307 g/mol. The first-order valence-corrected chi connectivity index (χ1v) is 5.18. The molecule has 0 saturated heterocycles. The molecule has 0 unspecified atom stereocenters. The molecule has 70 valence electrons. The summed E-state index contributed by atoms with van der Waals surface area (Å²) >= 11 is 6.66. The fourth-order valence-corrected chi connectivity index (χ4v) is 1.98. The number of rotatable bonds is 1. The highest BCUT2D eigenvalue weighted by molar-refractivity contribution is 9.11. The molecule has 3 nitrogen and oxygen atoms in total. The topological polar surface area (TPSA) is 40.0 Å². The Kier molecular flexibility index (Phi) is 3.44. The molecule has 0 fully saturated rings. The third kappa shape index (κ3) is 2.51. The van der Waals surface area contributed by atoms with Gasteiger partial charge in [-0.05, 0) is 37.9 Å². The average Bonchev–Trinajstić information content (AvgIpc) is 2.03. The SMILES string of the molecule is CN(C)C(=N)c1ncc(Br)cc1Br. The van der Waals surface area contributed by atoms with E-state index < -0.39 is 0 Å². The van der Waals surface area contributed by atoms with E-state index in [2.05, 4.69) is 36.8 Å². The lowest BCUT2D eigenvalue weighted by atomic mass is 10.3. The molecule has 0 atom stereocenters. The van der Waals surface area contributed by atoms with Gasteiger partial charge in [0.15, 0.2) is 0 Å². The van der Waals surface area contributed by atoms with Crippen LogP contribution in [0.5, 0.6) is 0 Å². The molecule has 0 aromatic carbocycles. The second-order valence-electron chi connectivity index (χ2n) is 2.73. The number of nitrogens with one attached hydrogen (secondary N) is 1. The van der Waals surface area contributed by atoms with Crippen molar-refractivity contribution in [1.82, 2.24) is 9.88 Å². The monoisotopic (exact) mass is 305 g/mol.